The molecule has 1 amide bonds. The number of hydrogen-bond acceptors (Lipinski definition) is 2. The Labute approximate surface area is 64.2 Å². The van der Waals surface area contributed by atoms with E-state index in [-0.39, 0.29) is 5.91 Å². The highest BCUT2D eigenvalue weighted by atomic mass is 16.1. The molecule has 1 aliphatic rings. The van der Waals surface area contributed by atoms with Crippen molar-refractivity contribution < 1.29 is 4.79 Å². The molecule has 0 radical (unpaired) electrons. The number of nitrogens with zero attached hydrogens (tertiary/aromatic N) is 2. The number of aryl methyl sites for hydroxylation is 1. The summed E-state index contributed by atoms with van der Waals surface area (Å²) in [7, 11) is 1.91. The molecule has 0 unspecified atom stereocenters. The Hall–Kier alpha value is -1.32. The van der Waals surface area contributed by atoms with Crippen molar-refractivity contribution in [3.05, 3.63) is 17.7 Å². The van der Waals surface area contributed by atoms with E-state index in [2.05, 4.69) is 10.3 Å². The first-order valence-electron chi connectivity index (χ1n) is 3.57. The van der Waals surface area contributed by atoms with Gasteiger partial charge in [-0.15, -0.1) is 0 Å². The van der Waals surface area contributed by atoms with E-state index in [0.29, 0.717) is 5.69 Å². The first-order valence-corrected chi connectivity index (χ1v) is 3.57. The molecule has 0 saturated heterocycles. The highest BCUT2D eigenvalue weighted by Gasteiger charge is 2.20. The molecule has 2 heterocycles. The zero-order valence-electron chi connectivity index (χ0n) is 6.29. The molecule has 0 fully saturated rings. The van der Waals surface area contributed by atoms with Crippen LogP contribution in [0.3, 0.4) is 0 Å². The van der Waals surface area contributed by atoms with Crippen molar-refractivity contribution >= 4 is 5.91 Å². The minimum atomic E-state index is -0.0492. The molecule has 0 bridgehead atoms. The van der Waals surface area contributed by atoms with E-state index in [9.17, 15) is 4.79 Å². The van der Waals surface area contributed by atoms with Gasteiger partial charge in [0.2, 0.25) is 0 Å². The molecule has 2 rings (SSSR count). The average molecular weight is 151 g/mol. The second-order valence-corrected chi connectivity index (χ2v) is 2.66. The molecule has 0 aliphatic carbocycles. The highest BCUT2D eigenvalue weighted by molar-refractivity contribution is 5.94. The molecule has 0 spiro atoms. The number of nitrogens with one attached hydrogen (secondary N) is 1. The van der Waals surface area contributed by atoms with Crippen LogP contribution in [0.25, 0.3) is 0 Å². The third kappa shape index (κ3) is 0.824. The van der Waals surface area contributed by atoms with Gasteiger partial charge in [-0.25, -0.2) is 4.98 Å². The molecule has 11 heavy (non-hydrogen) atoms. The van der Waals surface area contributed by atoms with Crippen LogP contribution < -0.4 is 5.32 Å². The number of hydrogen-bond donors (Lipinski definition) is 1. The van der Waals surface area contributed by atoms with E-state index in [1.54, 1.807) is 6.33 Å². The predicted molar refractivity (Wildman–Crippen MR) is 39.2 cm³/mol. The summed E-state index contributed by atoms with van der Waals surface area (Å²) in [6, 6.07) is 0. The Morgan fingerprint density at radius 1 is 1.73 bits per heavy atom. The van der Waals surface area contributed by atoms with Crippen LogP contribution >= 0.6 is 0 Å². The van der Waals surface area contributed by atoms with Crippen LogP contribution in [0.2, 0.25) is 0 Å². The molecule has 1 aromatic heterocycles. The fourth-order valence-corrected chi connectivity index (χ4v) is 1.32. The Bertz CT molecular complexity index is 303. The summed E-state index contributed by atoms with van der Waals surface area (Å²) in [5.74, 6) is -0.0492. The van der Waals surface area contributed by atoms with Crippen molar-refractivity contribution in [2.24, 2.45) is 7.05 Å². The second kappa shape index (κ2) is 2.08. The van der Waals surface area contributed by atoms with Crippen molar-refractivity contribution in [1.29, 1.82) is 0 Å². The summed E-state index contributed by atoms with van der Waals surface area (Å²) in [5, 5.41) is 2.74. The van der Waals surface area contributed by atoms with Gasteiger partial charge in [-0.05, 0) is 0 Å². The third-order valence-corrected chi connectivity index (χ3v) is 1.92. The molecule has 0 saturated carbocycles. The van der Waals surface area contributed by atoms with Crippen LogP contribution in [0.5, 0.6) is 0 Å². The van der Waals surface area contributed by atoms with Gasteiger partial charge in [-0.2, -0.15) is 0 Å². The summed E-state index contributed by atoms with van der Waals surface area (Å²) >= 11 is 0. The maximum atomic E-state index is 11.1. The standard InChI is InChI=1S/C7H9N3O/c1-10-4-9-6-5(10)2-3-8-7(6)11/h4H,2-3H2,1H3,(H,8,11). The van der Waals surface area contributed by atoms with Crippen LogP contribution in [0, 0.1) is 0 Å². The van der Waals surface area contributed by atoms with Crippen LogP contribution in [-0.2, 0) is 13.5 Å². The summed E-state index contributed by atoms with van der Waals surface area (Å²) in [6.45, 7) is 0.728. The van der Waals surface area contributed by atoms with E-state index in [1.165, 1.54) is 0 Å². The maximum absolute atomic E-state index is 11.1. The molecular weight excluding hydrogens is 142 g/mol. The Morgan fingerprint density at radius 3 is 3.27 bits per heavy atom. The fourth-order valence-electron chi connectivity index (χ4n) is 1.32. The molecular formula is C7H9N3O. The van der Waals surface area contributed by atoms with Gasteiger partial charge in [0.25, 0.3) is 5.91 Å². The number of carbonyl (C=O) groups is 1. The summed E-state index contributed by atoms with van der Waals surface area (Å²) in [4.78, 5) is 15.1. The largest absolute Gasteiger partial charge is 0.350 e. The number of aromatic nitrogens is 2. The van der Waals surface area contributed by atoms with E-state index >= 15 is 0 Å². The van der Waals surface area contributed by atoms with Crippen molar-refractivity contribution in [2.75, 3.05) is 6.54 Å². The molecule has 1 aliphatic heterocycles. The van der Waals surface area contributed by atoms with Crippen LogP contribution in [-0.4, -0.2) is 22.0 Å². The lowest BCUT2D eigenvalue weighted by Crippen LogP contribution is -2.32. The van der Waals surface area contributed by atoms with Crippen molar-refractivity contribution in [3.63, 3.8) is 0 Å². The second-order valence-electron chi connectivity index (χ2n) is 2.66. The molecule has 0 atom stereocenters. The van der Waals surface area contributed by atoms with Gasteiger partial charge in [0.15, 0.2) is 0 Å². The van der Waals surface area contributed by atoms with Crippen LogP contribution in [0.4, 0.5) is 0 Å². The summed E-state index contributed by atoms with van der Waals surface area (Å²) in [5.41, 5.74) is 1.62. The number of amides is 1. The monoisotopic (exact) mass is 151 g/mol. The lowest BCUT2D eigenvalue weighted by atomic mass is 10.2. The number of fused-ring (bicyclic) bond motifs is 1. The lowest BCUT2D eigenvalue weighted by molar-refractivity contribution is 0.0940. The molecule has 4 heteroatoms. The minimum absolute atomic E-state index is 0.0492. The van der Waals surface area contributed by atoms with Gasteiger partial charge >= 0.3 is 0 Å². The molecule has 0 aromatic carbocycles. The maximum Gasteiger partial charge on any atom is 0.271 e. The first kappa shape index (κ1) is 6.39. The van der Waals surface area contributed by atoms with Gasteiger partial charge in [0.05, 0.1) is 12.0 Å². The molecule has 58 valence electrons. The zero-order valence-corrected chi connectivity index (χ0v) is 6.29. The van der Waals surface area contributed by atoms with Crippen LogP contribution in [0.1, 0.15) is 16.2 Å². The fraction of sp³-hybridized carbons (Fsp3) is 0.429. The first-order chi connectivity index (χ1) is 5.29. The van der Waals surface area contributed by atoms with E-state index < -0.39 is 0 Å². The Kier molecular flexibility index (Phi) is 1.21. The minimum Gasteiger partial charge on any atom is -0.350 e. The van der Waals surface area contributed by atoms with Crippen molar-refractivity contribution in [1.82, 2.24) is 14.9 Å². The van der Waals surface area contributed by atoms with Gasteiger partial charge in [0, 0.05) is 20.0 Å². The van der Waals surface area contributed by atoms with Crippen LogP contribution in [0.15, 0.2) is 6.33 Å². The Balaban J connectivity index is 2.55. The zero-order chi connectivity index (χ0) is 7.84. The van der Waals surface area contributed by atoms with Crippen molar-refractivity contribution in [3.8, 4) is 0 Å². The summed E-state index contributed by atoms with van der Waals surface area (Å²) < 4.78 is 1.90. The van der Waals surface area contributed by atoms with E-state index in [1.807, 2.05) is 11.6 Å². The van der Waals surface area contributed by atoms with Gasteiger partial charge in [-0.3, -0.25) is 4.79 Å². The van der Waals surface area contributed by atoms with E-state index in [0.717, 1.165) is 18.7 Å². The molecule has 1 N–H and O–H groups in total. The number of rotatable bonds is 0. The SMILES string of the molecule is Cn1cnc2c1CCNC2=O. The molecule has 1 aromatic rings. The number of imidazole rings is 1. The smallest absolute Gasteiger partial charge is 0.271 e. The van der Waals surface area contributed by atoms with Crippen molar-refractivity contribution in [2.45, 2.75) is 6.42 Å². The van der Waals surface area contributed by atoms with Gasteiger partial charge in [-0.1, -0.05) is 0 Å². The van der Waals surface area contributed by atoms with E-state index in [4.69, 9.17) is 0 Å². The quantitative estimate of drug-likeness (QED) is 0.553. The predicted octanol–water partition coefficient (Wildman–Crippen LogP) is -0.294. The molecule has 4 nitrogen and oxygen atoms in total. The third-order valence-electron chi connectivity index (χ3n) is 1.92. The summed E-state index contributed by atoms with van der Waals surface area (Å²) in [6.07, 6.45) is 2.56. The number of carbonyl (C=O) groups excluding carboxylic acids is 1. The Morgan fingerprint density at radius 2 is 2.55 bits per heavy atom. The normalized spacial score (nSPS) is 15.9. The topological polar surface area (TPSA) is 46.9 Å². The van der Waals surface area contributed by atoms with Gasteiger partial charge in [0.1, 0.15) is 5.69 Å². The highest BCUT2D eigenvalue weighted by Crippen LogP contribution is 2.09. The average Bonchev–Trinajstić information content (AvgIpc) is 2.35. The van der Waals surface area contributed by atoms with Gasteiger partial charge < -0.3 is 9.88 Å². The lowest BCUT2D eigenvalue weighted by Gasteiger charge is -2.11.